The molecule has 0 unspecified atom stereocenters. The van der Waals surface area contributed by atoms with Gasteiger partial charge >= 0.3 is 0 Å². The molecule has 1 aliphatic carbocycles. The zero-order chi connectivity index (χ0) is 42.9. The van der Waals surface area contributed by atoms with Crippen LogP contribution in [0.15, 0.2) is 255 Å². The Morgan fingerprint density at radius 2 is 0.908 bits per heavy atom. The summed E-state index contributed by atoms with van der Waals surface area (Å²) in [6.45, 7) is 0. The van der Waals surface area contributed by atoms with Crippen LogP contribution >= 0.6 is 0 Å². The van der Waals surface area contributed by atoms with E-state index in [4.69, 9.17) is 0 Å². The predicted molar refractivity (Wildman–Crippen MR) is 273 cm³/mol. The number of rotatable bonds is 7. The molecule has 0 aliphatic heterocycles. The third kappa shape index (κ3) is 5.60. The molecule has 12 aromatic rings. The van der Waals surface area contributed by atoms with Crippen molar-refractivity contribution in [1.82, 2.24) is 4.57 Å². The lowest BCUT2D eigenvalue weighted by molar-refractivity contribution is 0.768. The molecule has 0 spiro atoms. The minimum atomic E-state index is -0.459. The van der Waals surface area contributed by atoms with Crippen LogP contribution in [0.3, 0.4) is 0 Å². The summed E-state index contributed by atoms with van der Waals surface area (Å²) in [7, 11) is 0. The summed E-state index contributed by atoms with van der Waals surface area (Å²) in [6, 6.07) is 93.8. The van der Waals surface area contributed by atoms with E-state index in [0.29, 0.717) is 0 Å². The van der Waals surface area contributed by atoms with Gasteiger partial charge in [0.2, 0.25) is 0 Å². The van der Waals surface area contributed by atoms with E-state index in [-0.39, 0.29) is 0 Å². The first-order valence-electron chi connectivity index (χ1n) is 22.5. The Morgan fingerprint density at radius 3 is 1.68 bits per heavy atom. The normalized spacial score (nSPS) is 12.7. The second-order valence-corrected chi connectivity index (χ2v) is 17.2. The molecule has 0 saturated carbocycles. The molecule has 13 rings (SSSR count). The van der Waals surface area contributed by atoms with Crippen LogP contribution < -0.4 is 4.90 Å². The highest BCUT2D eigenvalue weighted by Gasteiger charge is 2.46. The molecule has 1 heterocycles. The van der Waals surface area contributed by atoms with E-state index in [9.17, 15) is 0 Å². The van der Waals surface area contributed by atoms with E-state index in [2.05, 4.69) is 264 Å². The molecule has 65 heavy (non-hydrogen) atoms. The molecule has 0 saturated heterocycles. The first kappa shape index (κ1) is 37.1. The number of hydrogen-bond donors (Lipinski definition) is 0. The Balaban J connectivity index is 1.03. The maximum Gasteiger partial charge on any atom is 0.0713 e. The molecule has 0 amide bonds. The van der Waals surface area contributed by atoms with Gasteiger partial charge in [0.1, 0.15) is 0 Å². The van der Waals surface area contributed by atoms with Crippen molar-refractivity contribution in [2.75, 3.05) is 4.90 Å². The van der Waals surface area contributed by atoms with Gasteiger partial charge in [-0.05, 0) is 121 Å². The van der Waals surface area contributed by atoms with E-state index in [1.165, 1.54) is 87.9 Å². The zero-order valence-corrected chi connectivity index (χ0v) is 35.6. The molecule has 1 aromatic heterocycles. The maximum absolute atomic E-state index is 2.47. The summed E-state index contributed by atoms with van der Waals surface area (Å²) in [5.41, 5.74) is 16.5. The summed E-state index contributed by atoms with van der Waals surface area (Å²) in [5.74, 6) is 0. The minimum Gasteiger partial charge on any atom is -0.310 e. The van der Waals surface area contributed by atoms with Crippen LogP contribution in [0.1, 0.15) is 22.3 Å². The van der Waals surface area contributed by atoms with Crippen LogP contribution in [0.5, 0.6) is 0 Å². The Kier molecular flexibility index (Phi) is 8.47. The van der Waals surface area contributed by atoms with Crippen molar-refractivity contribution in [1.29, 1.82) is 0 Å². The number of fused-ring (bicyclic) bond motifs is 9. The highest BCUT2D eigenvalue weighted by atomic mass is 15.1. The summed E-state index contributed by atoms with van der Waals surface area (Å²) >= 11 is 0. The highest BCUT2D eigenvalue weighted by Crippen LogP contribution is 2.58. The second kappa shape index (κ2) is 14.8. The van der Waals surface area contributed by atoms with Crippen LogP contribution in [0.25, 0.3) is 71.3 Å². The topological polar surface area (TPSA) is 8.17 Å². The van der Waals surface area contributed by atoms with Gasteiger partial charge in [-0.2, -0.15) is 0 Å². The summed E-state index contributed by atoms with van der Waals surface area (Å²) in [4.78, 5) is 2.47. The van der Waals surface area contributed by atoms with Crippen molar-refractivity contribution < 1.29 is 0 Å². The first-order chi connectivity index (χ1) is 32.3. The largest absolute Gasteiger partial charge is 0.310 e. The summed E-state index contributed by atoms with van der Waals surface area (Å²) in [5, 5.41) is 7.38. The fourth-order valence-electron chi connectivity index (χ4n) is 11.1. The maximum atomic E-state index is 2.47. The van der Waals surface area contributed by atoms with E-state index >= 15 is 0 Å². The number of aromatic nitrogens is 1. The van der Waals surface area contributed by atoms with Gasteiger partial charge in [0.25, 0.3) is 0 Å². The van der Waals surface area contributed by atoms with Gasteiger partial charge in [-0.1, -0.05) is 200 Å². The van der Waals surface area contributed by atoms with Crippen LogP contribution in [-0.2, 0) is 5.41 Å². The van der Waals surface area contributed by atoms with Gasteiger partial charge in [-0.25, -0.2) is 0 Å². The minimum absolute atomic E-state index is 0.459. The Hall–Kier alpha value is -8.46. The van der Waals surface area contributed by atoms with Gasteiger partial charge < -0.3 is 9.47 Å². The third-order valence-electron chi connectivity index (χ3n) is 13.8. The van der Waals surface area contributed by atoms with Gasteiger partial charge in [-0.15, -0.1) is 0 Å². The van der Waals surface area contributed by atoms with E-state index in [1.807, 2.05) is 0 Å². The van der Waals surface area contributed by atoms with E-state index in [0.717, 1.165) is 22.7 Å². The van der Waals surface area contributed by atoms with E-state index in [1.54, 1.807) is 0 Å². The molecule has 2 nitrogen and oxygen atoms in total. The lowest BCUT2D eigenvalue weighted by atomic mass is 9.67. The molecule has 0 fully saturated rings. The smallest absolute Gasteiger partial charge is 0.0713 e. The van der Waals surface area contributed by atoms with Crippen LogP contribution in [0, 0.1) is 0 Å². The van der Waals surface area contributed by atoms with Crippen molar-refractivity contribution in [2.24, 2.45) is 0 Å². The van der Waals surface area contributed by atoms with E-state index < -0.39 is 5.41 Å². The average Bonchev–Trinajstić information content (AvgIpc) is 3.89. The lowest BCUT2D eigenvalue weighted by Gasteiger charge is -2.34. The molecular weight excluding hydrogens is 785 g/mol. The summed E-state index contributed by atoms with van der Waals surface area (Å²) < 4.78 is 2.40. The fraction of sp³-hybridized carbons (Fsp3) is 0.0159. The van der Waals surface area contributed by atoms with Gasteiger partial charge in [-0.3, -0.25) is 0 Å². The van der Waals surface area contributed by atoms with Crippen LogP contribution in [-0.4, -0.2) is 4.57 Å². The van der Waals surface area contributed by atoms with Gasteiger partial charge in [0, 0.05) is 27.8 Å². The van der Waals surface area contributed by atoms with Gasteiger partial charge in [0.05, 0.1) is 22.1 Å². The highest BCUT2D eigenvalue weighted by molar-refractivity contribution is 6.17. The zero-order valence-electron chi connectivity index (χ0n) is 35.6. The standard InChI is InChI=1S/C63H42N2/c1-4-19-46(20-5-1)63(47-21-6-2-7-22-47)56-29-14-12-26-53(56)61-52(28-16-30-57(61)63)44-36-39-49(40-37-44)64(50-41-38-45-35-34-43-18-10-11-25-51(43)55(45)42-50)59-32-17-33-60-62(59)54-27-13-15-31-58(54)65(60)48-23-8-3-9-24-48/h1-42H. The molecule has 0 radical (unpaired) electrons. The SMILES string of the molecule is c1ccc(-n2c3ccccc3c3c(N(c4ccc(-c5cccc6c5-c5ccccc5C6(c5ccccc5)c5ccccc5)cc4)c4ccc5ccc6ccccc6c5c4)cccc32)cc1. The van der Waals surface area contributed by atoms with Crippen molar-refractivity contribution in [3.8, 4) is 27.9 Å². The number of hydrogen-bond acceptors (Lipinski definition) is 1. The number of anilines is 3. The molecule has 0 atom stereocenters. The van der Waals surface area contributed by atoms with Crippen LogP contribution in [0.4, 0.5) is 17.1 Å². The Morgan fingerprint density at radius 1 is 0.354 bits per heavy atom. The van der Waals surface area contributed by atoms with Crippen molar-refractivity contribution in [3.05, 3.63) is 277 Å². The lowest BCUT2D eigenvalue weighted by Crippen LogP contribution is -2.28. The molecular formula is C63H42N2. The van der Waals surface area contributed by atoms with Crippen molar-refractivity contribution in [2.45, 2.75) is 5.41 Å². The summed E-state index contributed by atoms with van der Waals surface area (Å²) in [6.07, 6.45) is 0. The monoisotopic (exact) mass is 826 g/mol. The number of benzene rings is 11. The fourth-order valence-corrected chi connectivity index (χ4v) is 11.1. The molecule has 304 valence electrons. The molecule has 0 N–H and O–H groups in total. The Labute approximate surface area is 378 Å². The molecule has 11 aromatic carbocycles. The average molecular weight is 827 g/mol. The van der Waals surface area contributed by atoms with Crippen LogP contribution in [0.2, 0.25) is 0 Å². The first-order valence-corrected chi connectivity index (χ1v) is 22.5. The Bertz CT molecular complexity index is 3720. The van der Waals surface area contributed by atoms with Crippen molar-refractivity contribution in [3.63, 3.8) is 0 Å². The number of nitrogens with zero attached hydrogens (tertiary/aromatic N) is 2. The second-order valence-electron chi connectivity index (χ2n) is 17.2. The van der Waals surface area contributed by atoms with Gasteiger partial charge in [0.15, 0.2) is 0 Å². The van der Waals surface area contributed by atoms with Crippen molar-refractivity contribution >= 4 is 60.4 Å². The molecule has 2 heteroatoms. The number of para-hydroxylation sites is 2. The molecule has 0 bridgehead atoms. The quantitative estimate of drug-likeness (QED) is 0.145. The third-order valence-corrected chi connectivity index (χ3v) is 13.8. The molecule has 1 aliphatic rings. The predicted octanol–water partition coefficient (Wildman–Crippen LogP) is 16.6.